The second kappa shape index (κ2) is 5.41. The number of nitrogens with zero attached hydrogens (tertiary/aromatic N) is 1. The maximum absolute atomic E-state index is 13.3. The van der Waals surface area contributed by atoms with Gasteiger partial charge in [-0.2, -0.15) is 0 Å². The second-order valence-corrected chi connectivity index (χ2v) is 4.88. The van der Waals surface area contributed by atoms with E-state index in [0.717, 1.165) is 5.71 Å². The van der Waals surface area contributed by atoms with Gasteiger partial charge in [0.15, 0.2) is 0 Å². The van der Waals surface area contributed by atoms with Crippen molar-refractivity contribution in [3.05, 3.63) is 24.4 Å². The Balaban J connectivity index is 4.76. The first-order valence-corrected chi connectivity index (χ1v) is 5.22. The molecule has 0 rings (SSSR count). The summed E-state index contributed by atoms with van der Waals surface area (Å²) in [6.45, 7) is 10.9. The average Bonchev–Trinajstić information content (AvgIpc) is 2.02. The minimum Gasteiger partial charge on any atom is -0.261 e. The summed E-state index contributed by atoms with van der Waals surface area (Å²) >= 11 is 0. The normalized spacial score (nSPS) is 18.2. The first-order chi connectivity index (χ1) is 6.29. The molecule has 0 aliphatic rings. The smallest absolute Gasteiger partial charge is 0.143 e. The third-order valence-electron chi connectivity index (χ3n) is 1.98. The average molecular weight is 215 g/mol. The van der Waals surface area contributed by atoms with Crippen LogP contribution in [-0.2, 0) is 0 Å². The quantitative estimate of drug-likeness (QED) is 0.500. The molecule has 0 aromatic heterocycles. The van der Waals surface area contributed by atoms with Crippen LogP contribution in [0.15, 0.2) is 29.4 Å². The number of aliphatic imine (C=N–C) groups is 1. The molecular weight excluding hydrogens is 196 g/mol. The maximum atomic E-state index is 13.3. The Labute approximate surface area is 88.4 Å². The largest absolute Gasteiger partial charge is 0.261 e. The molecule has 0 aliphatic carbocycles. The topological polar surface area (TPSA) is 12.4 Å². The van der Waals surface area contributed by atoms with Gasteiger partial charge in [0, 0.05) is 11.9 Å². The SMILES string of the molecule is C=CC(=N/C=C(\C)C(C)(F)P)C(C)C. The zero-order chi connectivity index (χ0) is 11.4. The molecule has 3 heteroatoms. The molecule has 0 saturated carbocycles. The predicted octanol–water partition coefficient (Wildman–Crippen LogP) is 3.73. The summed E-state index contributed by atoms with van der Waals surface area (Å²) in [5, 5.41) is -1.38. The minimum atomic E-state index is -1.38. The Kier molecular flexibility index (Phi) is 5.22. The molecule has 80 valence electrons. The Morgan fingerprint density at radius 1 is 1.57 bits per heavy atom. The molecule has 0 bridgehead atoms. The fraction of sp³-hybridized carbons (Fsp3) is 0.545. The van der Waals surface area contributed by atoms with E-state index >= 15 is 0 Å². The molecule has 0 spiro atoms. The molecule has 2 unspecified atom stereocenters. The van der Waals surface area contributed by atoms with Crippen molar-refractivity contribution in [2.24, 2.45) is 10.9 Å². The molecule has 1 nitrogen and oxygen atoms in total. The van der Waals surface area contributed by atoms with Gasteiger partial charge in [-0.05, 0) is 31.4 Å². The summed E-state index contributed by atoms with van der Waals surface area (Å²) in [6.07, 6.45) is 3.26. The highest BCUT2D eigenvalue weighted by Gasteiger charge is 2.17. The van der Waals surface area contributed by atoms with Crippen molar-refractivity contribution in [3.8, 4) is 0 Å². The lowest BCUT2D eigenvalue weighted by molar-refractivity contribution is 0.365. The van der Waals surface area contributed by atoms with Crippen molar-refractivity contribution in [1.82, 2.24) is 0 Å². The first kappa shape index (κ1) is 13.5. The van der Waals surface area contributed by atoms with Crippen LogP contribution in [0.3, 0.4) is 0 Å². The van der Waals surface area contributed by atoms with Gasteiger partial charge in [0.1, 0.15) is 5.41 Å². The molecule has 0 aromatic carbocycles. The van der Waals surface area contributed by atoms with Gasteiger partial charge in [-0.3, -0.25) is 4.99 Å². The molecular formula is C11H19FNP. The zero-order valence-corrected chi connectivity index (χ0v) is 10.5. The molecule has 2 atom stereocenters. The third-order valence-corrected chi connectivity index (χ3v) is 2.43. The number of halogens is 1. The number of rotatable bonds is 4. The highest BCUT2D eigenvalue weighted by Crippen LogP contribution is 2.28. The summed E-state index contributed by atoms with van der Waals surface area (Å²) in [6, 6.07) is 0. The Hall–Kier alpha value is -0.490. The van der Waals surface area contributed by atoms with E-state index in [2.05, 4.69) is 20.8 Å². The van der Waals surface area contributed by atoms with E-state index in [0.29, 0.717) is 11.5 Å². The molecule has 0 aliphatic heterocycles. The Morgan fingerprint density at radius 2 is 2.07 bits per heavy atom. The van der Waals surface area contributed by atoms with Gasteiger partial charge in [-0.1, -0.05) is 29.7 Å². The third kappa shape index (κ3) is 4.66. The lowest BCUT2D eigenvalue weighted by Crippen LogP contribution is -2.09. The van der Waals surface area contributed by atoms with Gasteiger partial charge >= 0.3 is 0 Å². The van der Waals surface area contributed by atoms with Crippen molar-refractivity contribution in [1.29, 1.82) is 0 Å². The first-order valence-electron chi connectivity index (χ1n) is 4.64. The molecule has 14 heavy (non-hydrogen) atoms. The van der Waals surface area contributed by atoms with Crippen LogP contribution in [0.2, 0.25) is 0 Å². The van der Waals surface area contributed by atoms with Gasteiger partial charge in [0.25, 0.3) is 0 Å². The van der Waals surface area contributed by atoms with Crippen LogP contribution in [0.1, 0.15) is 27.7 Å². The Morgan fingerprint density at radius 3 is 2.36 bits per heavy atom. The predicted molar refractivity (Wildman–Crippen MR) is 65.5 cm³/mol. The van der Waals surface area contributed by atoms with E-state index in [1.54, 1.807) is 19.2 Å². The van der Waals surface area contributed by atoms with Gasteiger partial charge in [-0.15, -0.1) is 0 Å². The fourth-order valence-corrected chi connectivity index (χ4v) is 0.810. The second-order valence-electron chi connectivity index (χ2n) is 3.80. The highest BCUT2D eigenvalue weighted by atomic mass is 31.0. The van der Waals surface area contributed by atoms with Gasteiger partial charge in [-0.25, -0.2) is 4.39 Å². The highest BCUT2D eigenvalue weighted by molar-refractivity contribution is 7.19. The molecule has 0 heterocycles. The van der Waals surface area contributed by atoms with E-state index < -0.39 is 5.41 Å². The fourth-order valence-electron chi connectivity index (χ4n) is 0.735. The molecule has 0 radical (unpaired) electrons. The lowest BCUT2D eigenvalue weighted by Gasteiger charge is -2.13. The Bertz CT molecular complexity index is 259. The van der Waals surface area contributed by atoms with Crippen LogP contribution in [0, 0.1) is 5.92 Å². The number of hydrogen-bond acceptors (Lipinski definition) is 1. The van der Waals surface area contributed by atoms with Crippen molar-refractivity contribution >= 4 is 15.0 Å². The van der Waals surface area contributed by atoms with E-state index in [4.69, 9.17) is 0 Å². The molecule has 0 fully saturated rings. The van der Waals surface area contributed by atoms with Gasteiger partial charge < -0.3 is 0 Å². The van der Waals surface area contributed by atoms with Crippen molar-refractivity contribution < 1.29 is 4.39 Å². The summed E-state index contributed by atoms with van der Waals surface area (Å²) in [5.74, 6) is 0.312. The van der Waals surface area contributed by atoms with Crippen molar-refractivity contribution in [2.45, 2.75) is 33.1 Å². The van der Waals surface area contributed by atoms with Crippen LogP contribution in [-0.4, -0.2) is 11.1 Å². The molecule has 0 saturated heterocycles. The van der Waals surface area contributed by atoms with Crippen LogP contribution in [0.25, 0.3) is 0 Å². The van der Waals surface area contributed by atoms with E-state index in [1.165, 1.54) is 6.92 Å². The summed E-state index contributed by atoms with van der Waals surface area (Å²) < 4.78 is 13.3. The molecule has 0 amide bonds. The minimum absolute atomic E-state index is 0.312. The molecule has 0 aromatic rings. The van der Waals surface area contributed by atoms with E-state index in [9.17, 15) is 4.39 Å². The van der Waals surface area contributed by atoms with Crippen LogP contribution >= 0.6 is 9.24 Å². The number of hydrogen-bond donors (Lipinski definition) is 0. The number of alkyl halides is 1. The van der Waals surface area contributed by atoms with E-state index in [-0.39, 0.29) is 0 Å². The van der Waals surface area contributed by atoms with Crippen LogP contribution in [0.5, 0.6) is 0 Å². The maximum Gasteiger partial charge on any atom is 0.143 e. The lowest BCUT2D eigenvalue weighted by atomic mass is 10.1. The van der Waals surface area contributed by atoms with Gasteiger partial charge in [0.2, 0.25) is 0 Å². The van der Waals surface area contributed by atoms with E-state index in [1.807, 2.05) is 13.8 Å². The van der Waals surface area contributed by atoms with Crippen LogP contribution in [0.4, 0.5) is 4.39 Å². The summed E-state index contributed by atoms with van der Waals surface area (Å²) in [4.78, 5) is 4.19. The molecule has 0 N–H and O–H groups in total. The van der Waals surface area contributed by atoms with Crippen molar-refractivity contribution in [2.75, 3.05) is 0 Å². The van der Waals surface area contributed by atoms with Gasteiger partial charge in [0.05, 0.1) is 0 Å². The van der Waals surface area contributed by atoms with Crippen molar-refractivity contribution in [3.63, 3.8) is 0 Å². The number of allylic oxidation sites excluding steroid dienone is 2. The monoisotopic (exact) mass is 215 g/mol. The van der Waals surface area contributed by atoms with Crippen LogP contribution < -0.4 is 0 Å². The summed E-state index contributed by atoms with van der Waals surface area (Å²) in [7, 11) is 2.15. The summed E-state index contributed by atoms with van der Waals surface area (Å²) in [5.41, 5.74) is 1.46. The standard InChI is InChI=1S/C11H19FNP/c1-6-10(8(2)3)13-7-9(4)11(5,12)14/h6-8H,1,14H2,2-5H3/b9-7+,13-10?. The zero-order valence-electron chi connectivity index (χ0n) is 9.34.